The van der Waals surface area contributed by atoms with E-state index in [9.17, 15) is 0 Å². The molecule has 0 bridgehead atoms. The number of guanidine groups is 1. The van der Waals surface area contributed by atoms with Crippen LogP contribution in [0.4, 0.5) is 0 Å². The van der Waals surface area contributed by atoms with Crippen molar-refractivity contribution >= 4 is 29.9 Å². The smallest absolute Gasteiger partial charge is 0.191 e. The van der Waals surface area contributed by atoms with Gasteiger partial charge in [-0.3, -0.25) is 0 Å². The summed E-state index contributed by atoms with van der Waals surface area (Å²) in [6.07, 6.45) is 0. The van der Waals surface area contributed by atoms with Gasteiger partial charge in [0.2, 0.25) is 0 Å². The summed E-state index contributed by atoms with van der Waals surface area (Å²) < 4.78 is 11.2. The highest BCUT2D eigenvalue weighted by atomic mass is 127. The van der Waals surface area contributed by atoms with Crippen molar-refractivity contribution in [3.05, 3.63) is 65.7 Å². The number of nitrogens with zero attached hydrogens (tertiary/aromatic N) is 2. The highest BCUT2D eigenvalue weighted by molar-refractivity contribution is 14.0. The van der Waals surface area contributed by atoms with E-state index in [1.165, 1.54) is 0 Å². The Morgan fingerprint density at radius 2 is 1.76 bits per heavy atom. The summed E-state index contributed by atoms with van der Waals surface area (Å²) >= 11 is 0. The SMILES string of the molecule is I.NC(=NCc1cccc(OCc2ccccc2)c1)N1CCOCC1. The Morgan fingerprint density at radius 1 is 1.04 bits per heavy atom. The third kappa shape index (κ3) is 6.21. The van der Waals surface area contributed by atoms with E-state index in [0.29, 0.717) is 32.3 Å². The lowest BCUT2D eigenvalue weighted by molar-refractivity contribution is 0.0674. The maximum atomic E-state index is 6.06. The maximum Gasteiger partial charge on any atom is 0.191 e. The molecule has 3 rings (SSSR count). The van der Waals surface area contributed by atoms with Gasteiger partial charge in [-0.25, -0.2) is 4.99 Å². The van der Waals surface area contributed by atoms with Crippen molar-refractivity contribution < 1.29 is 9.47 Å². The topological polar surface area (TPSA) is 60.1 Å². The van der Waals surface area contributed by atoms with Gasteiger partial charge in [0.1, 0.15) is 12.4 Å². The van der Waals surface area contributed by atoms with Gasteiger partial charge in [-0.1, -0.05) is 42.5 Å². The van der Waals surface area contributed by atoms with Crippen molar-refractivity contribution in [3.63, 3.8) is 0 Å². The Morgan fingerprint density at radius 3 is 2.52 bits per heavy atom. The van der Waals surface area contributed by atoms with Gasteiger partial charge in [0.05, 0.1) is 19.8 Å². The predicted octanol–water partition coefficient (Wildman–Crippen LogP) is 3.03. The number of rotatable bonds is 5. The number of benzene rings is 2. The van der Waals surface area contributed by atoms with Crippen molar-refractivity contribution in [2.45, 2.75) is 13.2 Å². The zero-order valence-electron chi connectivity index (χ0n) is 14.1. The zero-order chi connectivity index (χ0) is 16.6. The fourth-order valence-corrected chi connectivity index (χ4v) is 2.54. The second-order valence-corrected chi connectivity index (χ2v) is 5.70. The van der Waals surface area contributed by atoms with Crippen molar-refractivity contribution in [2.75, 3.05) is 26.3 Å². The minimum absolute atomic E-state index is 0. The van der Waals surface area contributed by atoms with E-state index in [-0.39, 0.29) is 24.0 Å². The first-order valence-corrected chi connectivity index (χ1v) is 8.19. The van der Waals surface area contributed by atoms with Crippen LogP contribution in [-0.4, -0.2) is 37.2 Å². The van der Waals surface area contributed by atoms with Gasteiger partial charge >= 0.3 is 0 Å². The molecule has 134 valence electrons. The Hall–Kier alpha value is -1.80. The Balaban J connectivity index is 0.00000225. The number of hydrogen-bond donors (Lipinski definition) is 1. The first kappa shape index (κ1) is 19.5. The van der Waals surface area contributed by atoms with E-state index in [0.717, 1.165) is 30.0 Å². The molecule has 1 aliphatic heterocycles. The number of hydrogen-bond acceptors (Lipinski definition) is 3. The molecule has 2 N–H and O–H groups in total. The summed E-state index contributed by atoms with van der Waals surface area (Å²) in [5, 5.41) is 0. The highest BCUT2D eigenvalue weighted by Crippen LogP contribution is 2.16. The van der Waals surface area contributed by atoms with Crippen LogP contribution < -0.4 is 10.5 Å². The average Bonchev–Trinajstić information content (AvgIpc) is 2.66. The van der Waals surface area contributed by atoms with Crippen LogP contribution in [-0.2, 0) is 17.9 Å². The number of morpholine rings is 1. The molecule has 0 aliphatic carbocycles. The molecule has 1 saturated heterocycles. The van der Waals surface area contributed by atoms with Gasteiger partial charge in [-0.15, -0.1) is 24.0 Å². The average molecular weight is 453 g/mol. The molecular weight excluding hydrogens is 429 g/mol. The summed E-state index contributed by atoms with van der Waals surface area (Å²) in [7, 11) is 0. The van der Waals surface area contributed by atoms with Crippen molar-refractivity contribution in [1.29, 1.82) is 0 Å². The van der Waals surface area contributed by atoms with Crippen LogP contribution in [0.2, 0.25) is 0 Å². The van der Waals surface area contributed by atoms with Gasteiger partial charge in [0.25, 0.3) is 0 Å². The largest absolute Gasteiger partial charge is 0.489 e. The summed E-state index contributed by atoms with van der Waals surface area (Å²) in [6.45, 7) is 4.12. The third-order valence-corrected chi connectivity index (χ3v) is 3.91. The minimum Gasteiger partial charge on any atom is -0.489 e. The number of nitrogens with two attached hydrogens (primary N) is 1. The van der Waals surface area contributed by atoms with Gasteiger partial charge in [-0.2, -0.15) is 0 Å². The molecule has 5 nitrogen and oxygen atoms in total. The number of halogens is 1. The summed E-state index contributed by atoms with van der Waals surface area (Å²) in [6, 6.07) is 18.1. The van der Waals surface area contributed by atoms with Crippen LogP contribution in [0.25, 0.3) is 0 Å². The lowest BCUT2D eigenvalue weighted by Gasteiger charge is -2.27. The fourth-order valence-electron chi connectivity index (χ4n) is 2.54. The van der Waals surface area contributed by atoms with Gasteiger partial charge in [0, 0.05) is 13.1 Å². The lowest BCUT2D eigenvalue weighted by Crippen LogP contribution is -2.44. The summed E-state index contributed by atoms with van der Waals surface area (Å²) in [4.78, 5) is 6.54. The van der Waals surface area contributed by atoms with Gasteiger partial charge < -0.3 is 20.1 Å². The molecule has 1 fully saturated rings. The van der Waals surface area contributed by atoms with Crippen molar-refractivity contribution in [2.24, 2.45) is 10.7 Å². The Labute approximate surface area is 165 Å². The number of ether oxygens (including phenoxy) is 2. The molecule has 0 radical (unpaired) electrons. The molecule has 0 saturated carbocycles. The van der Waals surface area contributed by atoms with Gasteiger partial charge in [-0.05, 0) is 23.3 Å². The molecule has 0 amide bonds. The fraction of sp³-hybridized carbons (Fsp3) is 0.316. The molecule has 0 atom stereocenters. The standard InChI is InChI=1S/C19H23N3O2.HI/c20-19(22-9-11-23-12-10-22)21-14-17-7-4-8-18(13-17)24-15-16-5-2-1-3-6-16;/h1-8,13H,9-12,14-15H2,(H2,20,21);1H. The van der Waals surface area contributed by atoms with E-state index in [2.05, 4.69) is 22.0 Å². The van der Waals surface area contributed by atoms with E-state index in [1.54, 1.807) is 0 Å². The molecule has 0 unspecified atom stereocenters. The van der Waals surface area contributed by atoms with Crippen molar-refractivity contribution in [3.8, 4) is 5.75 Å². The summed E-state index contributed by atoms with van der Waals surface area (Å²) in [5.41, 5.74) is 8.29. The second-order valence-electron chi connectivity index (χ2n) is 5.70. The zero-order valence-corrected chi connectivity index (χ0v) is 16.5. The molecule has 6 heteroatoms. The van der Waals surface area contributed by atoms with Crippen LogP contribution >= 0.6 is 24.0 Å². The van der Waals surface area contributed by atoms with Crippen LogP contribution in [0, 0.1) is 0 Å². The number of aliphatic imine (C=N–C) groups is 1. The first-order chi connectivity index (χ1) is 11.8. The highest BCUT2D eigenvalue weighted by Gasteiger charge is 2.11. The molecule has 1 heterocycles. The van der Waals surface area contributed by atoms with Crippen LogP contribution in [0.3, 0.4) is 0 Å². The summed E-state index contributed by atoms with van der Waals surface area (Å²) in [5.74, 6) is 1.42. The van der Waals surface area contributed by atoms with Crippen LogP contribution in [0.1, 0.15) is 11.1 Å². The van der Waals surface area contributed by atoms with Crippen LogP contribution in [0.5, 0.6) is 5.75 Å². The van der Waals surface area contributed by atoms with E-state index in [1.807, 2.05) is 42.5 Å². The molecule has 0 spiro atoms. The van der Waals surface area contributed by atoms with Crippen LogP contribution in [0.15, 0.2) is 59.6 Å². The quantitative estimate of drug-likeness (QED) is 0.430. The van der Waals surface area contributed by atoms with E-state index < -0.39 is 0 Å². The van der Waals surface area contributed by atoms with E-state index >= 15 is 0 Å². The molecule has 0 aromatic heterocycles. The predicted molar refractivity (Wildman–Crippen MR) is 110 cm³/mol. The van der Waals surface area contributed by atoms with Gasteiger partial charge in [0.15, 0.2) is 5.96 Å². The normalized spacial score (nSPS) is 14.7. The molecule has 2 aromatic rings. The second kappa shape index (κ2) is 10.2. The Kier molecular flexibility index (Phi) is 8.00. The monoisotopic (exact) mass is 453 g/mol. The minimum atomic E-state index is 0. The first-order valence-electron chi connectivity index (χ1n) is 8.19. The van der Waals surface area contributed by atoms with E-state index in [4.69, 9.17) is 15.2 Å². The third-order valence-electron chi connectivity index (χ3n) is 3.91. The molecule has 2 aromatic carbocycles. The molecular formula is C19H24IN3O2. The molecule has 1 aliphatic rings. The lowest BCUT2D eigenvalue weighted by atomic mass is 10.2. The maximum absolute atomic E-state index is 6.06. The molecule has 25 heavy (non-hydrogen) atoms. The Bertz CT molecular complexity index is 673. The van der Waals surface area contributed by atoms with Crippen molar-refractivity contribution in [1.82, 2.24) is 4.90 Å².